The highest BCUT2D eigenvalue weighted by Crippen LogP contribution is 2.42. The third-order valence-electron chi connectivity index (χ3n) is 4.76. The van der Waals surface area contributed by atoms with Crippen LogP contribution in [0.25, 0.3) is 0 Å². The van der Waals surface area contributed by atoms with Crippen molar-refractivity contribution in [1.29, 1.82) is 0 Å². The van der Waals surface area contributed by atoms with E-state index in [1.807, 2.05) is 0 Å². The molecule has 0 amide bonds. The molecule has 3 rings (SSSR count). The number of fused-ring (bicyclic) bond motifs is 1. The van der Waals surface area contributed by atoms with Crippen molar-refractivity contribution < 1.29 is 0 Å². The molecule has 1 saturated heterocycles. The molecule has 3 unspecified atom stereocenters. The predicted molar refractivity (Wildman–Crippen MR) is 65.1 cm³/mol. The summed E-state index contributed by atoms with van der Waals surface area (Å²) in [5.74, 6) is 3.80. The molecule has 3 aliphatic rings. The Bertz CT molecular complexity index is 234. The Morgan fingerprint density at radius 2 is 2.00 bits per heavy atom. The molecule has 0 aromatic rings. The van der Waals surface area contributed by atoms with Crippen LogP contribution in [0.4, 0.5) is 0 Å². The third kappa shape index (κ3) is 2.17. The molecule has 1 heterocycles. The van der Waals surface area contributed by atoms with Crippen molar-refractivity contribution in [2.75, 3.05) is 19.6 Å². The van der Waals surface area contributed by atoms with Gasteiger partial charge in [0.15, 0.2) is 0 Å². The second kappa shape index (κ2) is 4.23. The summed E-state index contributed by atoms with van der Waals surface area (Å²) >= 11 is 0. The average Bonchev–Trinajstić information content (AvgIpc) is 2.60. The van der Waals surface area contributed by atoms with Crippen LogP contribution < -0.4 is 5.73 Å². The summed E-state index contributed by atoms with van der Waals surface area (Å²) < 4.78 is 0. The van der Waals surface area contributed by atoms with Crippen LogP contribution in [0.15, 0.2) is 0 Å². The highest BCUT2D eigenvalue weighted by atomic mass is 35.5. The molecule has 0 radical (unpaired) electrons. The van der Waals surface area contributed by atoms with Crippen molar-refractivity contribution in [2.24, 2.45) is 29.4 Å². The van der Waals surface area contributed by atoms with Crippen LogP contribution in [-0.4, -0.2) is 30.6 Å². The lowest BCUT2D eigenvalue weighted by atomic mass is 9.98. The van der Waals surface area contributed by atoms with Gasteiger partial charge in [-0.25, -0.2) is 0 Å². The minimum absolute atomic E-state index is 0. The Labute approximate surface area is 99.0 Å². The van der Waals surface area contributed by atoms with E-state index in [1.165, 1.54) is 38.9 Å². The highest BCUT2D eigenvalue weighted by molar-refractivity contribution is 5.85. The lowest BCUT2D eigenvalue weighted by Crippen LogP contribution is -2.31. The largest absolute Gasteiger partial charge is 0.327 e. The fourth-order valence-electron chi connectivity index (χ4n) is 3.53. The molecule has 0 bridgehead atoms. The zero-order valence-electron chi connectivity index (χ0n) is 9.56. The Balaban J connectivity index is 0.000000853. The fraction of sp³-hybridized carbons (Fsp3) is 1.00. The van der Waals surface area contributed by atoms with E-state index >= 15 is 0 Å². The van der Waals surface area contributed by atoms with Gasteiger partial charge in [-0.15, -0.1) is 12.4 Å². The van der Waals surface area contributed by atoms with Gasteiger partial charge < -0.3 is 10.6 Å². The lowest BCUT2D eigenvalue weighted by Gasteiger charge is -2.17. The Hall–Kier alpha value is 0.210. The second-order valence-corrected chi connectivity index (χ2v) is 5.86. The van der Waals surface area contributed by atoms with Gasteiger partial charge in [0.05, 0.1) is 0 Å². The second-order valence-electron chi connectivity index (χ2n) is 5.86. The summed E-state index contributed by atoms with van der Waals surface area (Å²) in [4.78, 5) is 2.68. The topological polar surface area (TPSA) is 29.3 Å². The van der Waals surface area contributed by atoms with Crippen molar-refractivity contribution in [2.45, 2.75) is 32.2 Å². The summed E-state index contributed by atoms with van der Waals surface area (Å²) in [5, 5.41) is 0. The summed E-state index contributed by atoms with van der Waals surface area (Å²) in [6.45, 7) is 6.39. The zero-order valence-corrected chi connectivity index (χ0v) is 10.4. The minimum atomic E-state index is 0. The van der Waals surface area contributed by atoms with Crippen LogP contribution in [0.2, 0.25) is 0 Å². The van der Waals surface area contributed by atoms with Gasteiger partial charge in [-0.2, -0.15) is 0 Å². The van der Waals surface area contributed by atoms with E-state index in [0.717, 1.165) is 23.7 Å². The Morgan fingerprint density at radius 1 is 1.27 bits per heavy atom. The third-order valence-corrected chi connectivity index (χ3v) is 4.76. The van der Waals surface area contributed by atoms with E-state index < -0.39 is 0 Å². The summed E-state index contributed by atoms with van der Waals surface area (Å²) in [6, 6.07) is 0.515. The molecule has 1 aliphatic heterocycles. The number of hydrogen-bond donors (Lipinski definition) is 1. The van der Waals surface area contributed by atoms with Gasteiger partial charge in [-0.3, -0.25) is 0 Å². The van der Waals surface area contributed by atoms with E-state index in [9.17, 15) is 0 Å². The molecular formula is C12H23ClN2. The molecule has 5 atom stereocenters. The Kier molecular flexibility index (Phi) is 3.30. The summed E-state index contributed by atoms with van der Waals surface area (Å²) in [5.41, 5.74) is 6.13. The van der Waals surface area contributed by atoms with Crippen LogP contribution in [0, 0.1) is 23.7 Å². The van der Waals surface area contributed by atoms with E-state index in [-0.39, 0.29) is 12.4 Å². The average molecular weight is 231 g/mol. The van der Waals surface area contributed by atoms with Gasteiger partial charge in [-0.05, 0) is 42.9 Å². The zero-order chi connectivity index (χ0) is 9.71. The first-order chi connectivity index (χ1) is 6.74. The normalized spacial score (nSPS) is 48.8. The first-order valence-corrected chi connectivity index (χ1v) is 6.22. The maximum absolute atomic E-state index is 6.13. The molecule has 0 aromatic heterocycles. The molecule has 2 nitrogen and oxygen atoms in total. The number of hydrogen-bond acceptors (Lipinski definition) is 2. The molecular weight excluding hydrogens is 208 g/mol. The van der Waals surface area contributed by atoms with E-state index in [0.29, 0.717) is 6.04 Å². The summed E-state index contributed by atoms with van der Waals surface area (Å²) in [6.07, 6.45) is 4.14. The molecule has 88 valence electrons. The predicted octanol–water partition coefficient (Wildman–Crippen LogP) is 1.73. The monoisotopic (exact) mass is 230 g/mol. The van der Waals surface area contributed by atoms with E-state index in [2.05, 4.69) is 11.8 Å². The molecule has 0 aromatic carbocycles. The minimum Gasteiger partial charge on any atom is -0.327 e. The van der Waals surface area contributed by atoms with Gasteiger partial charge >= 0.3 is 0 Å². The first-order valence-electron chi connectivity index (χ1n) is 6.22. The van der Waals surface area contributed by atoms with Gasteiger partial charge in [0, 0.05) is 25.7 Å². The van der Waals surface area contributed by atoms with Crippen LogP contribution in [0.5, 0.6) is 0 Å². The molecule has 3 fully saturated rings. The smallest absolute Gasteiger partial charge is 0.00826 e. The quantitative estimate of drug-likeness (QED) is 0.783. The van der Waals surface area contributed by atoms with Gasteiger partial charge in [0.25, 0.3) is 0 Å². The van der Waals surface area contributed by atoms with Gasteiger partial charge in [0.2, 0.25) is 0 Å². The highest BCUT2D eigenvalue weighted by Gasteiger charge is 2.43. The molecule has 2 aliphatic carbocycles. The SMILES string of the molecule is CC1CC1CN1C[C@@H]2CCC(N)[C@@H]2C1.Cl. The maximum atomic E-state index is 6.13. The number of nitrogens with zero attached hydrogens (tertiary/aromatic N) is 1. The van der Waals surface area contributed by atoms with Crippen molar-refractivity contribution in [3.05, 3.63) is 0 Å². The molecule has 2 saturated carbocycles. The van der Waals surface area contributed by atoms with Crippen molar-refractivity contribution in [1.82, 2.24) is 4.90 Å². The number of likely N-dealkylation sites (tertiary alicyclic amines) is 1. The molecule has 2 N–H and O–H groups in total. The number of nitrogens with two attached hydrogens (primary N) is 1. The van der Waals surface area contributed by atoms with Crippen LogP contribution in [0.3, 0.4) is 0 Å². The van der Waals surface area contributed by atoms with Crippen molar-refractivity contribution in [3.63, 3.8) is 0 Å². The van der Waals surface area contributed by atoms with Crippen molar-refractivity contribution >= 4 is 12.4 Å². The first kappa shape index (κ1) is 11.7. The van der Waals surface area contributed by atoms with E-state index in [4.69, 9.17) is 5.73 Å². The number of rotatable bonds is 2. The molecule has 15 heavy (non-hydrogen) atoms. The maximum Gasteiger partial charge on any atom is 0.00826 e. The van der Waals surface area contributed by atoms with Gasteiger partial charge in [0.1, 0.15) is 0 Å². The fourth-order valence-corrected chi connectivity index (χ4v) is 3.53. The van der Waals surface area contributed by atoms with Gasteiger partial charge in [-0.1, -0.05) is 6.92 Å². The van der Waals surface area contributed by atoms with Crippen LogP contribution >= 0.6 is 12.4 Å². The van der Waals surface area contributed by atoms with Crippen LogP contribution in [0.1, 0.15) is 26.2 Å². The number of halogens is 1. The molecule has 0 spiro atoms. The lowest BCUT2D eigenvalue weighted by molar-refractivity contribution is 0.289. The van der Waals surface area contributed by atoms with Crippen molar-refractivity contribution in [3.8, 4) is 0 Å². The standard InChI is InChI=1S/C12H22N2.ClH/c1-8-4-10(8)6-14-5-9-2-3-12(13)11(9)7-14;/h8-12H,2-7,13H2,1H3;1H/t8?,9-,10?,11+,12?;/m0./s1. The van der Waals surface area contributed by atoms with Crippen LogP contribution in [-0.2, 0) is 0 Å². The molecule has 3 heteroatoms. The Morgan fingerprint density at radius 3 is 2.60 bits per heavy atom. The summed E-state index contributed by atoms with van der Waals surface area (Å²) in [7, 11) is 0. The van der Waals surface area contributed by atoms with E-state index in [1.54, 1.807) is 0 Å².